The fourth-order valence-electron chi connectivity index (χ4n) is 4.46. The monoisotopic (exact) mass is 494 g/mol. The number of benzene rings is 1. The number of nitrogens with zero attached hydrogens (tertiary/aromatic N) is 2. The number of carboxylic acid groups (broad SMARTS) is 2. The van der Waals surface area contributed by atoms with Gasteiger partial charge in [0.15, 0.2) is 17.2 Å². The molecule has 0 saturated heterocycles. The number of aromatic carboxylic acids is 1. The van der Waals surface area contributed by atoms with Gasteiger partial charge in [-0.05, 0) is 49.7 Å². The van der Waals surface area contributed by atoms with Crippen LogP contribution in [0.15, 0.2) is 17.2 Å². The Kier molecular flexibility index (Phi) is 7.38. The van der Waals surface area contributed by atoms with E-state index >= 15 is 0 Å². The quantitative estimate of drug-likeness (QED) is 0.496. The van der Waals surface area contributed by atoms with Crippen molar-refractivity contribution in [2.24, 2.45) is 5.92 Å². The summed E-state index contributed by atoms with van der Waals surface area (Å²) in [7, 11) is 0. The van der Waals surface area contributed by atoms with Crippen molar-refractivity contribution in [3.8, 4) is 11.5 Å². The Balaban J connectivity index is 1.59. The van der Waals surface area contributed by atoms with Crippen LogP contribution in [0.1, 0.15) is 67.3 Å². The van der Waals surface area contributed by atoms with E-state index < -0.39 is 11.9 Å². The van der Waals surface area contributed by atoms with E-state index in [1.165, 1.54) is 11.8 Å². The Morgan fingerprint density at radius 2 is 1.88 bits per heavy atom. The van der Waals surface area contributed by atoms with Crippen molar-refractivity contribution in [2.45, 2.75) is 68.7 Å². The summed E-state index contributed by atoms with van der Waals surface area (Å²) in [6.07, 6.45) is 5.05. The van der Waals surface area contributed by atoms with Crippen LogP contribution in [0, 0.1) is 5.92 Å². The molecule has 2 aliphatic rings. The molecule has 2 N–H and O–H groups in total. The van der Waals surface area contributed by atoms with Gasteiger partial charge in [0, 0.05) is 29.2 Å². The first kappa shape index (κ1) is 23.8. The zero-order valence-electron chi connectivity index (χ0n) is 18.4. The van der Waals surface area contributed by atoms with Gasteiger partial charge >= 0.3 is 11.9 Å². The van der Waals surface area contributed by atoms with Crippen LogP contribution in [0.4, 0.5) is 0 Å². The average molecular weight is 495 g/mol. The molecule has 0 unspecified atom stereocenters. The zero-order valence-corrected chi connectivity index (χ0v) is 20.0. The van der Waals surface area contributed by atoms with E-state index in [-0.39, 0.29) is 36.6 Å². The van der Waals surface area contributed by atoms with Crippen molar-refractivity contribution < 1.29 is 29.3 Å². The minimum absolute atomic E-state index is 0.136. The highest BCUT2D eigenvalue weighted by molar-refractivity contribution is 7.99. The summed E-state index contributed by atoms with van der Waals surface area (Å²) >= 11 is 7.97. The molecule has 33 heavy (non-hydrogen) atoms. The van der Waals surface area contributed by atoms with E-state index in [9.17, 15) is 14.7 Å². The summed E-state index contributed by atoms with van der Waals surface area (Å²) in [6.45, 7) is 2.44. The maximum Gasteiger partial charge on any atom is 0.355 e. The number of hydrogen-bond acceptors (Lipinski definition) is 6. The molecule has 1 aliphatic heterocycles. The number of halogens is 1. The number of carboxylic acids is 2. The van der Waals surface area contributed by atoms with Gasteiger partial charge in [0.05, 0.1) is 6.54 Å². The van der Waals surface area contributed by atoms with Crippen LogP contribution in [0.5, 0.6) is 11.5 Å². The van der Waals surface area contributed by atoms with Crippen LogP contribution in [-0.2, 0) is 17.8 Å². The molecular weight excluding hydrogens is 468 g/mol. The smallest absolute Gasteiger partial charge is 0.355 e. The van der Waals surface area contributed by atoms with Gasteiger partial charge in [0.25, 0.3) is 0 Å². The fourth-order valence-corrected chi connectivity index (χ4v) is 5.96. The van der Waals surface area contributed by atoms with Crippen LogP contribution < -0.4 is 9.47 Å². The number of thioether (sulfide) groups is 1. The average Bonchev–Trinajstić information content (AvgIpc) is 3.34. The van der Waals surface area contributed by atoms with Crippen molar-refractivity contribution in [1.82, 2.24) is 9.55 Å². The second-order valence-electron chi connectivity index (χ2n) is 8.48. The van der Waals surface area contributed by atoms with Crippen LogP contribution in [-0.4, -0.2) is 43.7 Å². The van der Waals surface area contributed by atoms with E-state index in [0.717, 1.165) is 37.7 Å². The van der Waals surface area contributed by atoms with Crippen LogP contribution in [0.2, 0.25) is 5.02 Å². The first-order valence-corrected chi connectivity index (χ1v) is 12.4. The molecule has 0 amide bonds. The third-order valence-corrected chi connectivity index (χ3v) is 7.76. The molecule has 4 rings (SSSR count). The SMILES string of the molecule is CCCc1nc(SC2CCC(CC(=O)O)CC2)c(C(=O)O)n1Cc1cc2c(cc1Cl)OCO2. The van der Waals surface area contributed by atoms with E-state index in [2.05, 4.69) is 0 Å². The number of aromatic nitrogens is 2. The molecule has 0 atom stereocenters. The molecule has 0 bridgehead atoms. The van der Waals surface area contributed by atoms with Gasteiger partial charge in [-0.2, -0.15) is 0 Å². The summed E-state index contributed by atoms with van der Waals surface area (Å²) in [5, 5.41) is 20.3. The lowest BCUT2D eigenvalue weighted by Crippen LogP contribution is -2.19. The van der Waals surface area contributed by atoms with Gasteiger partial charge in [-0.3, -0.25) is 4.79 Å². The highest BCUT2D eigenvalue weighted by Gasteiger charge is 2.29. The van der Waals surface area contributed by atoms with E-state index in [0.29, 0.717) is 33.8 Å². The van der Waals surface area contributed by atoms with Crippen molar-refractivity contribution in [3.05, 3.63) is 34.2 Å². The second kappa shape index (κ2) is 10.3. The Morgan fingerprint density at radius 3 is 2.52 bits per heavy atom. The van der Waals surface area contributed by atoms with Crippen molar-refractivity contribution in [2.75, 3.05) is 6.79 Å². The molecular formula is C23H27ClN2O6S. The Bertz CT molecular complexity index is 1050. The highest BCUT2D eigenvalue weighted by Crippen LogP contribution is 2.40. The van der Waals surface area contributed by atoms with Crippen molar-refractivity contribution in [3.63, 3.8) is 0 Å². The summed E-state index contributed by atoms with van der Waals surface area (Å²) in [5.41, 5.74) is 0.911. The number of carbonyl (C=O) groups is 2. The Hall–Kier alpha value is -2.39. The van der Waals surface area contributed by atoms with Gasteiger partial charge < -0.3 is 24.3 Å². The van der Waals surface area contributed by atoms with Gasteiger partial charge in [0.1, 0.15) is 10.9 Å². The first-order valence-electron chi connectivity index (χ1n) is 11.1. The number of rotatable bonds is 9. The minimum atomic E-state index is -1.02. The summed E-state index contributed by atoms with van der Waals surface area (Å²) in [4.78, 5) is 28.0. The molecule has 2 aromatic rings. The topological polar surface area (TPSA) is 111 Å². The Morgan fingerprint density at radius 1 is 1.18 bits per heavy atom. The number of aliphatic carboxylic acids is 1. The van der Waals surface area contributed by atoms with Gasteiger partial charge in [0.2, 0.25) is 6.79 Å². The number of fused-ring (bicyclic) bond motifs is 1. The largest absolute Gasteiger partial charge is 0.481 e. The van der Waals surface area contributed by atoms with Crippen LogP contribution >= 0.6 is 23.4 Å². The molecule has 1 fully saturated rings. The zero-order chi connectivity index (χ0) is 23.5. The standard InChI is InChI=1S/C23H27ClN2O6S/c1-2-3-19-25-22(33-15-6-4-13(5-7-15)8-20(27)28)21(23(29)30)26(19)11-14-9-17-18(10-16(14)24)32-12-31-17/h9-10,13,15H,2-8,11-12H2,1H3,(H,27,28)(H,29,30). The van der Waals surface area contributed by atoms with Crippen molar-refractivity contribution in [1.29, 1.82) is 0 Å². The predicted molar refractivity (Wildman–Crippen MR) is 124 cm³/mol. The Labute approximate surface area is 201 Å². The maximum absolute atomic E-state index is 12.3. The number of hydrogen-bond donors (Lipinski definition) is 2. The first-order chi connectivity index (χ1) is 15.9. The van der Waals surface area contributed by atoms with Gasteiger partial charge in [-0.1, -0.05) is 18.5 Å². The predicted octanol–water partition coefficient (Wildman–Crippen LogP) is 5.09. The van der Waals surface area contributed by atoms with Crippen LogP contribution in [0.3, 0.4) is 0 Å². The lowest BCUT2D eigenvalue weighted by atomic mass is 9.87. The number of ether oxygens (including phenoxy) is 2. The molecule has 1 saturated carbocycles. The molecule has 2 heterocycles. The maximum atomic E-state index is 12.3. The lowest BCUT2D eigenvalue weighted by Gasteiger charge is -2.26. The normalized spacial score (nSPS) is 19.6. The summed E-state index contributed by atoms with van der Waals surface area (Å²) in [5.74, 6) is 0.297. The fraction of sp³-hybridized carbons (Fsp3) is 0.522. The third kappa shape index (κ3) is 5.41. The molecule has 8 nitrogen and oxygen atoms in total. The van der Waals surface area contributed by atoms with Gasteiger partial charge in [-0.25, -0.2) is 9.78 Å². The van der Waals surface area contributed by atoms with E-state index in [1.807, 2.05) is 6.92 Å². The van der Waals surface area contributed by atoms with E-state index in [4.69, 9.17) is 31.2 Å². The van der Waals surface area contributed by atoms with Crippen molar-refractivity contribution >= 4 is 35.3 Å². The molecule has 1 aromatic heterocycles. The molecule has 178 valence electrons. The molecule has 10 heteroatoms. The molecule has 1 aliphatic carbocycles. The number of imidazole rings is 1. The highest BCUT2D eigenvalue weighted by atomic mass is 35.5. The number of aryl methyl sites for hydroxylation is 1. The third-order valence-electron chi connectivity index (χ3n) is 6.10. The van der Waals surface area contributed by atoms with Gasteiger partial charge in [-0.15, -0.1) is 11.8 Å². The van der Waals surface area contributed by atoms with Crippen LogP contribution in [0.25, 0.3) is 0 Å². The molecule has 0 spiro atoms. The minimum Gasteiger partial charge on any atom is -0.481 e. The second-order valence-corrected chi connectivity index (χ2v) is 10.2. The lowest BCUT2D eigenvalue weighted by molar-refractivity contribution is -0.138. The summed E-state index contributed by atoms with van der Waals surface area (Å²) < 4.78 is 12.6. The van der Waals surface area contributed by atoms with E-state index in [1.54, 1.807) is 16.7 Å². The molecule has 1 aromatic carbocycles. The summed E-state index contributed by atoms with van der Waals surface area (Å²) in [6, 6.07) is 3.49. The molecule has 0 radical (unpaired) electrons.